The largest absolute Gasteiger partial charge is 0.495 e. The number of benzene rings is 2. The molecule has 0 saturated carbocycles. The quantitative estimate of drug-likeness (QED) is 0.377. The Hall–Kier alpha value is -3.49. The van der Waals surface area contributed by atoms with Gasteiger partial charge in [-0.1, -0.05) is 35.9 Å². The average Bonchev–Trinajstić information content (AvgIpc) is 2.79. The molecule has 162 valence electrons. The second-order valence-corrected chi connectivity index (χ2v) is 8.18. The van der Waals surface area contributed by atoms with Crippen molar-refractivity contribution in [3.63, 3.8) is 0 Å². The number of nitrogens with zero attached hydrogens (tertiary/aromatic N) is 2. The molecule has 0 aliphatic heterocycles. The first kappa shape index (κ1) is 21.7. The predicted octanol–water partition coefficient (Wildman–Crippen LogP) is 5.29. The monoisotopic (exact) mass is 466 g/mol. The minimum absolute atomic E-state index is 0.198. The Balaban J connectivity index is 1.48. The summed E-state index contributed by atoms with van der Waals surface area (Å²) in [6.07, 6.45) is 1.54. The number of hydrogen-bond acceptors (Lipinski definition) is 5. The Kier molecular flexibility index (Phi) is 6.63. The van der Waals surface area contributed by atoms with Crippen LogP contribution in [-0.4, -0.2) is 22.5 Å². The van der Waals surface area contributed by atoms with Crippen LogP contribution < -0.4 is 20.9 Å². The third-order valence-electron chi connectivity index (χ3n) is 4.54. The van der Waals surface area contributed by atoms with Gasteiger partial charge in [0.2, 0.25) is 0 Å². The predicted molar refractivity (Wildman–Crippen MR) is 128 cm³/mol. The highest BCUT2D eigenvalue weighted by atomic mass is 35.5. The van der Waals surface area contributed by atoms with Crippen molar-refractivity contribution < 1.29 is 9.53 Å². The van der Waals surface area contributed by atoms with Gasteiger partial charge in [0.15, 0.2) is 0 Å². The lowest BCUT2D eigenvalue weighted by atomic mass is 10.3. The number of rotatable bonds is 6. The molecule has 2 aromatic carbocycles. The molecule has 0 spiro atoms. The van der Waals surface area contributed by atoms with E-state index >= 15 is 0 Å². The molecule has 4 aromatic rings. The van der Waals surface area contributed by atoms with Crippen molar-refractivity contribution in [3.8, 4) is 5.75 Å². The summed E-state index contributed by atoms with van der Waals surface area (Å²) in [5, 5.41) is 6.13. The van der Waals surface area contributed by atoms with Crippen LogP contribution in [0.5, 0.6) is 5.75 Å². The number of carbonyl (C=O) groups is 1. The minimum atomic E-state index is -0.387. The number of para-hydroxylation sites is 3. The van der Waals surface area contributed by atoms with Crippen LogP contribution in [0.15, 0.2) is 82.6 Å². The molecule has 32 heavy (non-hydrogen) atoms. The van der Waals surface area contributed by atoms with E-state index in [9.17, 15) is 9.59 Å². The molecule has 2 heterocycles. The lowest BCUT2D eigenvalue weighted by Gasteiger charge is -2.13. The summed E-state index contributed by atoms with van der Waals surface area (Å²) in [7, 11) is 1.55. The van der Waals surface area contributed by atoms with E-state index < -0.39 is 0 Å². The van der Waals surface area contributed by atoms with Crippen LogP contribution in [0.3, 0.4) is 0 Å². The second kappa shape index (κ2) is 9.76. The first-order valence-electron chi connectivity index (χ1n) is 9.64. The number of halogens is 1. The maximum Gasteiger partial charge on any atom is 0.323 e. The van der Waals surface area contributed by atoms with E-state index in [-0.39, 0.29) is 11.6 Å². The fraction of sp³-hybridized carbons (Fsp3) is 0.0870. The molecule has 0 aliphatic rings. The number of pyridine rings is 1. The number of thioether (sulfide) groups is 1. The molecular formula is C23H19ClN4O3S. The Morgan fingerprint density at radius 3 is 2.59 bits per heavy atom. The van der Waals surface area contributed by atoms with E-state index in [1.165, 1.54) is 22.2 Å². The molecule has 4 rings (SSSR count). The number of urea groups is 1. The number of ether oxygens (including phenoxy) is 1. The first-order chi connectivity index (χ1) is 15.5. The van der Waals surface area contributed by atoms with Gasteiger partial charge in [-0.05, 0) is 36.4 Å². The molecule has 2 aromatic heterocycles. The molecule has 7 nitrogen and oxygen atoms in total. The van der Waals surface area contributed by atoms with Gasteiger partial charge in [-0.25, -0.2) is 9.78 Å². The van der Waals surface area contributed by atoms with E-state index in [0.717, 1.165) is 4.90 Å². The van der Waals surface area contributed by atoms with Crippen LogP contribution in [0.2, 0.25) is 5.02 Å². The molecule has 2 N–H and O–H groups in total. The van der Waals surface area contributed by atoms with Gasteiger partial charge in [-0.15, -0.1) is 11.8 Å². The number of hydrogen-bond donors (Lipinski definition) is 2. The van der Waals surface area contributed by atoms with E-state index in [2.05, 4.69) is 15.6 Å². The highest BCUT2D eigenvalue weighted by molar-refractivity contribution is 7.98. The van der Waals surface area contributed by atoms with Crippen LogP contribution in [0.1, 0.15) is 5.69 Å². The van der Waals surface area contributed by atoms with Crippen molar-refractivity contribution in [3.05, 3.63) is 94.0 Å². The van der Waals surface area contributed by atoms with Gasteiger partial charge in [-0.2, -0.15) is 0 Å². The summed E-state index contributed by atoms with van der Waals surface area (Å²) < 4.78 is 6.68. The van der Waals surface area contributed by atoms with Crippen LogP contribution in [-0.2, 0) is 5.75 Å². The minimum Gasteiger partial charge on any atom is -0.495 e. The number of fused-ring (bicyclic) bond motifs is 1. The molecule has 0 saturated heterocycles. The van der Waals surface area contributed by atoms with Crippen LogP contribution in [0.4, 0.5) is 16.2 Å². The van der Waals surface area contributed by atoms with Gasteiger partial charge >= 0.3 is 6.03 Å². The molecule has 0 fully saturated rings. The highest BCUT2D eigenvalue weighted by Gasteiger charge is 2.11. The molecule has 0 atom stereocenters. The maximum absolute atomic E-state index is 12.5. The van der Waals surface area contributed by atoms with Crippen molar-refractivity contribution in [2.75, 3.05) is 17.7 Å². The number of carbonyl (C=O) groups excluding carboxylic acids is 1. The summed E-state index contributed by atoms with van der Waals surface area (Å²) in [6, 6.07) is 19.1. The zero-order chi connectivity index (χ0) is 22.5. The third kappa shape index (κ3) is 5.04. The Morgan fingerprint density at radius 1 is 1.06 bits per heavy atom. The fourth-order valence-electron chi connectivity index (χ4n) is 3.07. The normalized spacial score (nSPS) is 10.7. The van der Waals surface area contributed by atoms with E-state index in [1.807, 2.05) is 36.4 Å². The standard InChI is InChI=1S/C23H19ClN4O3S/c1-31-19-8-4-2-6-17(19)26-23(30)27-18-7-3-5-9-20(18)32-14-16-12-22(29)28-13-15(24)10-11-21(28)25-16/h2-13H,14H2,1H3,(H2,26,27,30). The van der Waals surface area contributed by atoms with Gasteiger partial charge in [-0.3, -0.25) is 9.20 Å². The van der Waals surface area contributed by atoms with E-state index in [1.54, 1.807) is 37.6 Å². The van der Waals surface area contributed by atoms with E-state index in [4.69, 9.17) is 16.3 Å². The average molecular weight is 467 g/mol. The number of aromatic nitrogens is 2. The molecular weight excluding hydrogens is 448 g/mol. The second-order valence-electron chi connectivity index (χ2n) is 6.73. The van der Waals surface area contributed by atoms with Gasteiger partial charge in [0.05, 0.1) is 29.2 Å². The Morgan fingerprint density at radius 2 is 1.78 bits per heavy atom. The van der Waals surface area contributed by atoms with Crippen molar-refractivity contribution >= 4 is 46.4 Å². The summed E-state index contributed by atoms with van der Waals surface area (Å²) in [5.74, 6) is 1.03. The molecule has 0 unspecified atom stereocenters. The van der Waals surface area contributed by atoms with Gasteiger partial charge < -0.3 is 15.4 Å². The number of amides is 2. The Bertz CT molecular complexity index is 1340. The summed E-state index contributed by atoms with van der Waals surface area (Å²) in [6.45, 7) is 0. The molecule has 9 heteroatoms. The highest BCUT2D eigenvalue weighted by Crippen LogP contribution is 2.30. The molecule has 0 bridgehead atoms. The third-order valence-corrected chi connectivity index (χ3v) is 5.87. The van der Waals surface area contributed by atoms with Crippen LogP contribution in [0, 0.1) is 0 Å². The summed E-state index contributed by atoms with van der Waals surface area (Å²) >= 11 is 7.43. The smallest absolute Gasteiger partial charge is 0.323 e. The van der Waals surface area contributed by atoms with E-state index in [0.29, 0.717) is 39.2 Å². The zero-order valence-corrected chi connectivity index (χ0v) is 18.6. The van der Waals surface area contributed by atoms with Crippen LogP contribution >= 0.6 is 23.4 Å². The van der Waals surface area contributed by atoms with Crippen LogP contribution in [0.25, 0.3) is 5.65 Å². The summed E-state index contributed by atoms with van der Waals surface area (Å²) in [5.41, 5.74) is 2.18. The fourth-order valence-corrected chi connectivity index (χ4v) is 4.13. The number of anilines is 2. The van der Waals surface area contributed by atoms with Gasteiger partial charge in [0, 0.05) is 22.9 Å². The molecule has 0 radical (unpaired) electrons. The number of methoxy groups -OCH3 is 1. The summed E-state index contributed by atoms with van der Waals surface area (Å²) in [4.78, 5) is 30.3. The van der Waals surface area contributed by atoms with Gasteiger partial charge in [0.25, 0.3) is 5.56 Å². The Labute approximate surface area is 193 Å². The van der Waals surface area contributed by atoms with Crippen molar-refractivity contribution in [1.82, 2.24) is 9.38 Å². The van der Waals surface area contributed by atoms with Crippen molar-refractivity contribution in [1.29, 1.82) is 0 Å². The lowest BCUT2D eigenvalue weighted by molar-refractivity contribution is 0.262. The molecule has 0 aliphatic carbocycles. The van der Waals surface area contributed by atoms with Crippen molar-refractivity contribution in [2.24, 2.45) is 0 Å². The first-order valence-corrected chi connectivity index (χ1v) is 11.0. The maximum atomic E-state index is 12.5. The van der Waals surface area contributed by atoms with Gasteiger partial charge in [0.1, 0.15) is 11.4 Å². The van der Waals surface area contributed by atoms with Crippen molar-refractivity contribution in [2.45, 2.75) is 10.6 Å². The topological polar surface area (TPSA) is 84.7 Å². The zero-order valence-electron chi connectivity index (χ0n) is 17.0. The lowest BCUT2D eigenvalue weighted by Crippen LogP contribution is -2.20. The number of nitrogens with one attached hydrogen (secondary N) is 2. The SMILES string of the molecule is COc1ccccc1NC(=O)Nc1ccccc1SCc1cc(=O)n2cc(Cl)ccc2n1. The molecule has 2 amide bonds.